The molecule has 1 aliphatic rings. The summed E-state index contributed by atoms with van der Waals surface area (Å²) in [5.74, 6) is -0.490. The topological polar surface area (TPSA) is 86.5 Å². The Kier molecular flexibility index (Phi) is 3.40. The lowest BCUT2D eigenvalue weighted by Gasteiger charge is -2.21. The first kappa shape index (κ1) is 12.4. The molecule has 2 atom stereocenters. The minimum Gasteiger partial charge on any atom is -0.465 e. The van der Waals surface area contributed by atoms with Crippen molar-refractivity contribution in [3.8, 4) is 0 Å². The Morgan fingerprint density at radius 2 is 2.20 bits per heavy atom. The number of esters is 1. The van der Waals surface area contributed by atoms with Crippen molar-refractivity contribution in [2.45, 2.75) is 37.0 Å². The highest BCUT2D eigenvalue weighted by Crippen LogP contribution is 2.32. The summed E-state index contributed by atoms with van der Waals surface area (Å²) in [5, 5.41) is -0.507. The second-order valence-corrected chi connectivity index (χ2v) is 6.40. The van der Waals surface area contributed by atoms with Gasteiger partial charge in [-0.2, -0.15) is 0 Å². The number of sulfone groups is 1. The molecular weight excluding hydrogens is 218 g/mol. The fraction of sp³-hybridized carbons (Fsp3) is 0.889. The molecule has 6 heteroatoms. The van der Waals surface area contributed by atoms with Gasteiger partial charge in [0.2, 0.25) is 0 Å². The molecule has 0 amide bonds. The van der Waals surface area contributed by atoms with Crippen LogP contribution in [0.4, 0.5) is 0 Å². The molecule has 0 bridgehead atoms. The van der Waals surface area contributed by atoms with Crippen molar-refractivity contribution in [3.63, 3.8) is 0 Å². The van der Waals surface area contributed by atoms with Crippen molar-refractivity contribution in [1.29, 1.82) is 0 Å². The van der Waals surface area contributed by atoms with Crippen molar-refractivity contribution >= 4 is 15.8 Å². The smallest absolute Gasteiger partial charge is 0.326 e. The third-order valence-electron chi connectivity index (χ3n) is 2.79. The Bertz CT molecular complexity index is 351. The molecule has 0 radical (unpaired) electrons. The second-order valence-electron chi connectivity index (χ2n) is 4.07. The van der Waals surface area contributed by atoms with E-state index in [-0.39, 0.29) is 13.0 Å². The molecule has 0 aromatic rings. The molecule has 88 valence electrons. The maximum absolute atomic E-state index is 11.5. The summed E-state index contributed by atoms with van der Waals surface area (Å²) >= 11 is 0. The Morgan fingerprint density at radius 3 is 2.60 bits per heavy atom. The van der Waals surface area contributed by atoms with E-state index in [9.17, 15) is 13.2 Å². The van der Waals surface area contributed by atoms with E-state index in [1.54, 1.807) is 6.92 Å². The van der Waals surface area contributed by atoms with Crippen LogP contribution in [0.25, 0.3) is 0 Å². The van der Waals surface area contributed by atoms with E-state index < -0.39 is 26.6 Å². The number of nitrogens with two attached hydrogens (primary N) is 1. The molecular formula is C9H17NO4S. The van der Waals surface area contributed by atoms with E-state index in [2.05, 4.69) is 0 Å². The van der Waals surface area contributed by atoms with Crippen molar-refractivity contribution in [2.75, 3.05) is 12.9 Å². The van der Waals surface area contributed by atoms with Crippen LogP contribution in [-0.2, 0) is 19.4 Å². The van der Waals surface area contributed by atoms with Crippen LogP contribution in [0.3, 0.4) is 0 Å². The monoisotopic (exact) mass is 235 g/mol. The van der Waals surface area contributed by atoms with Gasteiger partial charge in [0.05, 0.1) is 11.9 Å². The van der Waals surface area contributed by atoms with Gasteiger partial charge in [0.25, 0.3) is 0 Å². The largest absolute Gasteiger partial charge is 0.465 e. The molecule has 1 rings (SSSR count). The van der Waals surface area contributed by atoms with Crippen LogP contribution in [0.1, 0.15) is 26.2 Å². The summed E-state index contributed by atoms with van der Waals surface area (Å²) < 4.78 is 27.4. The number of hydrogen-bond donors (Lipinski definition) is 1. The zero-order valence-electron chi connectivity index (χ0n) is 9.02. The fourth-order valence-electron chi connectivity index (χ4n) is 1.85. The van der Waals surface area contributed by atoms with Crippen LogP contribution in [0.15, 0.2) is 0 Å². The molecule has 0 saturated heterocycles. The van der Waals surface area contributed by atoms with Crippen LogP contribution in [0.5, 0.6) is 0 Å². The van der Waals surface area contributed by atoms with E-state index in [4.69, 9.17) is 10.5 Å². The zero-order chi connectivity index (χ0) is 11.7. The number of rotatable bonds is 3. The van der Waals surface area contributed by atoms with Gasteiger partial charge in [-0.05, 0) is 26.2 Å². The van der Waals surface area contributed by atoms with E-state index >= 15 is 0 Å². The average molecular weight is 235 g/mol. The molecule has 0 aliphatic heterocycles. The zero-order valence-corrected chi connectivity index (χ0v) is 9.84. The predicted octanol–water partition coefficient (Wildman–Crippen LogP) is -0.156. The fourth-order valence-corrected chi connectivity index (χ4v) is 3.00. The van der Waals surface area contributed by atoms with Gasteiger partial charge in [-0.3, -0.25) is 4.79 Å². The van der Waals surface area contributed by atoms with Gasteiger partial charge < -0.3 is 10.5 Å². The lowest BCUT2D eigenvalue weighted by Crippen LogP contribution is -2.47. The first-order valence-electron chi connectivity index (χ1n) is 4.94. The Hall–Kier alpha value is -0.620. The summed E-state index contributed by atoms with van der Waals surface area (Å²) in [6, 6.07) is 0. The number of carbonyl (C=O) groups excluding carboxylic acids is 1. The van der Waals surface area contributed by atoms with Gasteiger partial charge in [0.15, 0.2) is 0 Å². The van der Waals surface area contributed by atoms with Crippen LogP contribution >= 0.6 is 0 Å². The summed E-state index contributed by atoms with van der Waals surface area (Å²) in [7, 11) is -3.11. The molecule has 0 unspecified atom stereocenters. The summed E-state index contributed by atoms with van der Waals surface area (Å²) in [4.78, 5) is 11.5. The Balaban J connectivity index is 2.73. The highest BCUT2D eigenvalue weighted by atomic mass is 32.2. The standard InChI is InChI=1S/C9H17NO4S/c1-3-14-8(11)9(10)5-4-7(6-9)15(2,12)13/h7H,3-6,10H2,1-2H3/t7-,9-/m1/s1. The Morgan fingerprint density at radius 1 is 1.60 bits per heavy atom. The molecule has 0 spiro atoms. The molecule has 5 nitrogen and oxygen atoms in total. The maximum Gasteiger partial charge on any atom is 0.326 e. The maximum atomic E-state index is 11.5. The van der Waals surface area contributed by atoms with Gasteiger partial charge in [0.1, 0.15) is 15.4 Å². The number of carbonyl (C=O) groups is 1. The van der Waals surface area contributed by atoms with E-state index in [1.165, 1.54) is 6.26 Å². The van der Waals surface area contributed by atoms with Crippen LogP contribution in [0.2, 0.25) is 0 Å². The minimum absolute atomic E-state index is 0.171. The first-order valence-corrected chi connectivity index (χ1v) is 6.90. The van der Waals surface area contributed by atoms with Crippen molar-refractivity contribution in [2.24, 2.45) is 5.73 Å². The molecule has 1 saturated carbocycles. The number of ether oxygens (including phenoxy) is 1. The predicted molar refractivity (Wildman–Crippen MR) is 56.0 cm³/mol. The first-order chi connectivity index (χ1) is 6.79. The second kappa shape index (κ2) is 4.09. The lowest BCUT2D eigenvalue weighted by atomic mass is 10.00. The van der Waals surface area contributed by atoms with Gasteiger partial charge in [-0.1, -0.05) is 0 Å². The minimum atomic E-state index is -3.11. The molecule has 1 aliphatic carbocycles. The summed E-state index contributed by atoms with van der Waals surface area (Å²) in [6.45, 7) is 1.96. The lowest BCUT2D eigenvalue weighted by molar-refractivity contribution is -0.149. The highest BCUT2D eigenvalue weighted by molar-refractivity contribution is 7.91. The highest BCUT2D eigenvalue weighted by Gasteiger charge is 2.46. The molecule has 0 aromatic heterocycles. The molecule has 0 aromatic carbocycles. The van der Waals surface area contributed by atoms with Crippen LogP contribution in [0, 0.1) is 0 Å². The molecule has 2 N–H and O–H groups in total. The quantitative estimate of drug-likeness (QED) is 0.687. The van der Waals surface area contributed by atoms with Gasteiger partial charge in [-0.15, -0.1) is 0 Å². The molecule has 15 heavy (non-hydrogen) atoms. The number of hydrogen-bond acceptors (Lipinski definition) is 5. The summed E-state index contributed by atoms with van der Waals surface area (Å²) in [5.41, 5.74) is 4.73. The molecule has 0 heterocycles. The van der Waals surface area contributed by atoms with Gasteiger partial charge >= 0.3 is 5.97 Å². The van der Waals surface area contributed by atoms with E-state index in [0.717, 1.165) is 0 Å². The van der Waals surface area contributed by atoms with E-state index in [1.807, 2.05) is 0 Å². The van der Waals surface area contributed by atoms with Gasteiger partial charge in [0, 0.05) is 6.26 Å². The third-order valence-corrected chi connectivity index (χ3v) is 4.41. The average Bonchev–Trinajstić information content (AvgIpc) is 2.49. The Labute approximate surface area is 89.9 Å². The van der Waals surface area contributed by atoms with Crippen molar-refractivity contribution < 1.29 is 17.9 Å². The van der Waals surface area contributed by atoms with E-state index in [0.29, 0.717) is 12.8 Å². The van der Waals surface area contributed by atoms with Crippen molar-refractivity contribution in [3.05, 3.63) is 0 Å². The van der Waals surface area contributed by atoms with Crippen molar-refractivity contribution in [1.82, 2.24) is 0 Å². The normalized spacial score (nSPS) is 31.5. The molecule has 1 fully saturated rings. The van der Waals surface area contributed by atoms with Gasteiger partial charge in [-0.25, -0.2) is 8.42 Å². The summed E-state index contributed by atoms with van der Waals surface area (Å²) in [6.07, 6.45) is 2.16. The third kappa shape index (κ3) is 2.69. The SMILES string of the molecule is CCOC(=O)[C@@]1(N)CC[C@@H](S(C)(=O)=O)C1. The van der Waals surface area contributed by atoms with Crippen LogP contribution in [-0.4, -0.2) is 38.0 Å². The van der Waals surface area contributed by atoms with Crippen LogP contribution < -0.4 is 5.73 Å².